The van der Waals surface area contributed by atoms with Gasteiger partial charge >= 0.3 is 5.97 Å². The Labute approximate surface area is 466 Å². The van der Waals surface area contributed by atoms with Crippen LogP contribution in [0.3, 0.4) is 0 Å². The summed E-state index contributed by atoms with van der Waals surface area (Å²) in [6.07, 6.45) is 59.4. The highest BCUT2D eigenvalue weighted by Crippen LogP contribution is 2.23. The van der Waals surface area contributed by atoms with Crippen molar-refractivity contribution >= 4 is 11.9 Å². The molecule has 444 valence electrons. The van der Waals surface area contributed by atoms with Crippen LogP contribution in [0.15, 0.2) is 48.6 Å². The maximum atomic E-state index is 13.0. The average Bonchev–Trinajstić information content (AvgIpc) is 3.42. The Morgan fingerprint density at radius 1 is 0.487 bits per heavy atom. The van der Waals surface area contributed by atoms with Crippen LogP contribution in [0.25, 0.3) is 0 Å². The summed E-state index contributed by atoms with van der Waals surface area (Å²) in [6, 6.07) is -0.815. The van der Waals surface area contributed by atoms with E-state index >= 15 is 0 Å². The number of aliphatic hydroxyl groups excluding tert-OH is 5. The van der Waals surface area contributed by atoms with E-state index in [1.165, 1.54) is 180 Å². The standard InChI is InChI=1S/C65H119NO10/c1-3-5-7-9-11-13-14-15-16-17-24-27-30-33-37-41-45-49-53-61(70)74-54-50-46-42-38-34-31-28-25-22-20-18-19-21-23-26-29-32-36-40-44-48-52-60(69)66-57(58(68)51-47-43-39-35-12-10-8-6-4-2)56-75-65-64(73)63(72)62(71)59(55-67)76-65/h13-14,16-17,19,21,47,51,57-59,62-65,67-68,71-73H,3-12,15,18,20,22-46,48-50,52-56H2,1-2H3,(H,66,69)/b14-13-,17-16-,21-19-,51-47+. The second kappa shape index (κ2) is 54.6. The van der Waals surface area contributed by atoms with Crippen molar-refractivity contribution in [2.75, 3.05) is 19.8 Å². The quantitative estimate of drug-likeness (QED) is 0.0195. The van der Waals surface area contributed by atoms with Crippen molar-refractivity contribution in [2.24, 2.45) is 0 Å². The molecular formula is C65H119NO10. The normalized spacial score (nSPS) is 19.0. The smallest absolute Gasteiger partial charge is 0.305 e. The van der Waals surface area contributed by atoms with Gasteiger partial charge in [-0.05, 0) is 89.9 Å². The number of unbranched alkanes of at least 4 members (excludes halogenated alkanes) is 35. The molecule has 0 bridgehead atoms. The number of allylic oxidation sites excluding steroid dienone is 7. The molecule has 0 aliphatic carbocycles. The largest absolute Gasteiger partial charge is 0.466 e. The molecule has 1 fully saturated rings. The van der Waals surface area contributed by atoms with Gasteiger partial charge < -0.3 is 45.1 Å². The molecule has 1 aliphatic heterocycles. The molecule has 0 aromatic carbocycles. The van der Waals surface area contributed by atoms with Crippen LogP contribution in [0.5, 0.6) is 0 Å². The molecule has 1 aliphatic rings. The minimum atomic E-state index is -1.57. The maximum absolute atomic E-state index is 13.0. The van der Waals surface area contributed by atoms with Gasteiger partial charge in [-0.25, -0.2) is 0 Å². The van der Waals surface area contributed by atoms with E-state index in [0.717, 1.165) is 83.5 Å². The van der Waals surface area contributed by atoms with Crippen LogP contribution in [-0.4, -0.2) is 100 Å². The fraction of sp³-hybridized carbons (Fsp3) is 0.846. The van der Waals surface area contributed by atoms with Crippen LogP contribution >= 0.6 is 0 Å². The molecule has 0 spiro atoms. The molecule has 6 N–H and O–H groups in total. The predicted molar refractivity (Wildman–Crippen MR) is 315 cm³/mol. The molecule has 1 amide bonds. The Kier molecular flexibility index (Phi) is 51.4. The summed E-state index contributed by atoms with van der Waals surface area (Å²) in [5.41, 5.74) is 0. The number of hydrogen-bond acceptors (Lipinski definition) is 10. The maximum Gasteiger partial charge on any atom is 0.305 e. The molecule has 0 aromatic heterocycles. The summed E-state index contributed by atoms with van der Waals surface area (Å²) in [5.74, 6) is -0.205. The second-order valence-electron chi connectivity index (χ2n) is 22.1. The lowest BCUT2D eigenvalue weighted by atomic mass is 9.99. The Hall–Kier alpha value is -2.38. The first-order valence-electron chi connectivity index (χ1n) is 31.9. The molecule has 1 saturated heterocycles. The molecule has 7 unspecified atom stereocenters. The van der Waals surface area contributed by atoms with E-state index in [1.807, 2.05) is 6.08 Å². The van der Waals surface area contributed by atoms with E-state index in [4.69, 9.17) is 14.2 Å². The summed E-state index contributed by atoms with van der Waals surface area (Å²) in [4.78, 5) is 25.1. The summed E-state index contributed by atoms with van der Waals surface area (Å²) in [5, 5.41) is 54.2. The van der Waals surface area contributed by atoms with Crippen LogP contribution in [0.2, 0.25) is 0 Å². The van der Waals surface area contributed by atoms with Gasteiger partial charge in [0.1, 0.15) is 24.4 Å². The molecule has 7 atom stereocenters. The fourth-order valence-corrected chi connectivity index (χ4v) is 9.81. The zero-order chi connectivity index (χ0) is 55.2. The number of nitrogens with one attached hydrogen (secondary N) is 1. The third-order valence-electron chi connectivity index (χ3n) is 14.9. The number of hydrogen-bond donors (Lipinski definition) is 6. The summed E-state index contributed by atoms with van der Waals surface area (Å²) in [6.45, 7) is 4.29. The lowest BCUT2D eigenvalue weighted by Gasteiger charge is -2.40. The number of carbonyl (C=O) groups excluding carboxylic acids is 2. The van der Waals surface area contributed by atoms with Gasteiger partial charge in [-0.2, -0.15) is 0 Å². The third-order valence-corrected chi connectivity index (χ3v) is 14.9. The van der Waals surface area contributed by atoms with E-state index in [1.54, 1.807) is 6.08 Å². The van der Waals surface area contributed by atoms with Gasteiger partial charge in [-0.1, -0.05) is 236 Å². The number of carbonyl (C=O) groups is 2. The Morgan fingerprint density at radius 3 is 1.36 bits per heavy atom. The highest BCUT2D eigenvalue weighted by molar-refractivity contribution is 5.76. The van der Waals surface area contributed by atoms with Gasteiger partial charge in [-0.15, -0.1) is 0 Å². The fourth-order valence-electron chi connectivity index (χ4n) is 9.81. The number of esters is 1. The molecule has 0 saturated carbocycles. The first-order chi connectivity index (χ1) is 37.2. The Bertz CT molecular complexity index is 1400. The average molecular weight is 1070 g/mol. The minimum Gasteiger partial charge on any atom is -0.466 e. The lowest BCUT2D eigenvalue weighted by molar-refractivity contribution is -0.302. The summed E-state index contributed by atoms with van der Waals surface area (Å²) >= 11 is 0. The Morgan fingerprint density at radius 2 is 0.882 bits per heavy atom. The monoisotopic (exact) mass is 1070 g/mol. The topological polar surface area (TPSA) is 175 Å². The van der Waals surface area contributed by atoms with E-state index in [9.17, 15) is 35.1 Å². The number of rotatable bonds is 55. The zero-order valence-corrected chi connectivity index (χ0v) is 49.0. The number of aliphatic hydroxyl groups is 5. The van der Waals surface area contributed by atoms with Crippen molar-refractivity contribution in [3.63, 3.8) is 0 Å². The highest BCUT2D eigenvalue weighted by Gasteiger charge is 2.44. The number of ether oxygens (including phenoxy) is 3. The van der Waals surface area contributed by atoms with Crippen molar-refractivity contribution in [3.05, 3.63) is 48.6 Å². The summed E-state index contributed by atoms with van der Waals surface area (Å²) < 4.78 is 16.7. The van der Waals surface area contributed by atoms with Crippen molar-refractivity contribution in [2.45, 2.75) is 333 Å². The van der Waals surface area contributed by atoms with Gasteiger partial charge in [-0.3, -0.25) is 9.59 Å². The molecule has 1 heterocycles. The molecule has 0 aromatic rings. The molecule has 76 heavy (non-hydrogen) atoms. The number of amides is 1. The molecule has 1 rings (SSSR count). The Balaban J connectivity index is 1.99. The van der Waals surface area contributed by atoms with Gasteiger partial charge in [0.2, 0.25) is 5.91 Å². The highest BCUT2D eigenvalue weighted by atomic mass is 16.7. The van der Waals surface area contributed by atoms with Gasteiger partial charge in [0.05, 0.1) is 32.0 Å². The third kappa shape index (κ3) is 43.5. The second-order valence-corrected chi connectivity index (χ2v) is 22.1. The van der Waals surface area contributed by atoms with Crippen molar-refractivity contribution < 1.29 is 49.3 Å². The van der Waals surface area contributed by atoms with E-state index in [-0.39, 0.29) is 18.5 Å². The predicted octanol–water partition coefficient (Wildman–Crippen LogP) is 15.2. The van der Waals surface area contributed by atoms with Crippen molar-refractivity contribution in [1.29, 1.82) is 0 Å². The first kappa shape index (κ1) is 71.6. The van der Waals surface area contributed by atoms with Crippen molar-refractivity contribution in [1.82, 2.24) is 5.32 Å². The SMILES string of the molecule is CCCCCC/C=C\C/C=C\CCCCCCCCCC(=O)OCCCCCCCCCCCC/C=C\CCCCCCCCCC(=O)NC(COC1OC(CO)C(O)C(O)C1O)C(O)/C=C/CCCCCCCCC. The van der Waals surface area contributed by atoms with Crippen LogP contribution in [0, 0.1) is 0 Å². The molecular weight excluding hydrogens is 955 g/mol. The van der Waals surface area contributed by atoms with Crippen LogP contribution < -0.4 is 5.32 Å². The zero-order valence-electron chi connectivity index (χ0n) is 49.0. The molecule has 11 heteroatoms. The van der Waals surface area contributed by atoms with E-state index in [2.05, 4.69) is 55.6 Å². The van der Waals surface area contributed by atoms with Gasteiger partial charge in [0.15, 0.2) is 6.29 Å². The first-order valence-corrected chi connectivity index (χ1v) is 31.9. The summed E-state index contributed by atoms with van der Waals surface area (Å²) in [7, 11) is 0. The van der Waals surface area contributed by atoms with Crippen molar-refractivity contribution in [3.8, 4) is 0 Å². The molecule has 11 nitrogen and oxygen atoms in total. The van der Waals surface area contributed by atoms with E-state index < -0.39 is 49.5 Å². The van der Waals surface area contributed by atoms with Crippen LogP contribution in [-0.2, 0) is 23.8 Å². The van der Waals surface area contributed by atoms with E-state index in [0.29, 0.717) is 19.4 Å². The van der Waals surface area contributed by atoms with Crippen LogP contribution in [0.1, 0.15) is 290 Å². The van der Waals surface area contributed by atoms with Gasteiger partial charge in [0, 0.05) is 12.8 Å². The molecule has 0 radical (unpaired) electrons. The minimum absolute atomic E-state index is 0.0127. The lowest BCUT2D eigenvalue weighted by Crippen LogP contribution is -2.60. The van der Waals surface area contributed by atoms with Gasteiger partial charge in [0.25, 0.3) is 0 Å². The van der Waals surface area contributed by atoms with Crippen LogP contribution in [0.4, 0.5) is 0 Å².